The number of pyridine rings is 3. The molecule has 0 unspecified atom stereocenters. The van der Waals surface area contributed by atoms with Crippen molar-refractivity contribution < 1.29 is 4.52 Å². The third-order valence-corrected chi connectivity index (χ3v) is 7.16. The van der Waals surface area contributed by atoms with Crippen LogP contribution in [0, 0.1) is 0 Å². The summed E-state index contributed by atoms with van der Waals surface area (Å²) in [5.74, 6) is 0.666. The highest BCUT2D eigenvalue weighted by molar-refractivity contribution is 5.86. The fourth-order valence-electron chi connectivity index (χ4n) is 5.23. The third kappa shape index (κ3) is 3.34. The predicted molar refractivity (Wildman–Crippen MR) is 128 cm³/mol. The average molecular weight is 446 g/mol. The van der Waals surface area contributed by atoms with Gasteiger partial charge in [-0.1, -0.05) is 12.1 Å². The van der Waals surface area contributed by atoms with E-state index >= 15 is 0 Å². The standard InChI is InChI=1S/C24H27N7O2/c1-3-15-9-17-18(28-24(15)32)8-14(11-26-17)13-30-6-7-31(20-5-4-19(20)30)16-10-21-22(27-12-16)23(25-2)29-33-21/h8-12,19-20H,3-7,13H2,1-2H3,(H,25,29)(H,28,32)/t19-,20+/m1/s1. The van der Waals surface area contributed by atoms with Gasteiger partial charge in [0.15, 0.2) is 16.9 Å². The van der Waals surface area contributed by atoms with Crippen LogP contribution in [0.4, 0.5) is 11.5 Å². The van der Waals surface area contributed by atoms with E-state index in [0.29, 0.717) is 29.9 Å². The number of aromatic nitrogens is 4. The van der Waals surface area contributed by atoms with Crippen LogP contribution in [0.5, 0.6) is 0 Å². The maximum atomic E-state index is 12.2. The zero-order valence-electron chi connectivity index (χ0n) is 18.8. The van der Waals surface area contributed by atoms with Gasteiger partial charge in [-0.2, -0.15) is 0 Å². The van der Waals surface area contributed by atoms with Crippen molar-refractivity contribution in [1.29, 1.82) is 0 Å². The molecular formula is C24H27N7O2. The largest absolute Gasteiger partial charge is 0.369 e. The molecule has 2 aliphatic rings. The molecule has 2 N–H and O–H groups in total. The van der Waals surface area contributed by atoms with Crippen LogP contribution in [-0.2, 0) is 13.0 Å². The Bertz CT molecular complexity index is 1390. The SMILES string of the molecule is CCc1cc2ncc(CN3CCN(c4cnc5c(NC)noc5c4)[C@H]4CC[C@H]43)cc2[nH]c1=O. The minimum Gasteiger partial charge on any atom is -0.369 e. The summed E-state index contributed by atoms with van der Waals surface area (Å²) in [6, 6.07) is 6.98. The second kappa shape index (κ2) is 7.84. The van der Waals surface area contributed by atoms with E-state index < -0.39 is 0 Å². The molecule has 4 aromatic heterocycles. The van der Waals surface area contributed by atoms with E-state index in [0.717, 1.165) is 53.0 Å². The van der Waals surface area contributed by atoms with Crippen LogP contribution in [0.3, 0.4) is 0 Å². The summed E-state index contributed by atoms with van der Waals surface area (Å²) in [4.78, 5) is 29.4. The second-order valence-corrected chi connectivity index (χ2v) is 8.95. The van der Waals surface area contributed by atoms with Crippen molar-refractivity contribution in [3.63, 3.8) is 0 Å². The molecule has 0 bridgehead atoms. The lowest BCUT2D eigenvalue weighted by molar-refractivity contribution is 0.0659. The lowest BCUT2D eigenvalue weighted by atomic mass is 9.81. The van der Waals surface area contributed by atoms with Crippen molar-refractivity contribution in [1.82, 2.24) is 25.0 Å². The molecule has 1 saturated carbocycles. The number of piperazine rings is 1. The highest BCUT2D eigenvalue weighted by Crippen LogP contribution is 2.38. The Morgan fingerprint density at radius 1 is 1.15 bits per heavy atom. The number of H-pyrrole nitrogens is 1. The Balaban J connectivity index is 1.21. The Kier molecular flexibility index (Phi) is 4.79. The number of nitrogens with one attached hydrogen (secondary N) is 2. The summed E-state index contributed by atoms with van der Waals surface area (Å²) in [5.41, 5.74) is 6.10. The molecule has 4 aromatic rings. The first-order valence-corrected chi connectivity index (χ1v) is 11.6. The molecule has 0 aromatic carbocycles. The normalized spacial score (nSPS) is 20.7. The molecule has 6 rings (SSSR count). The Labute approximate surface area is 190 Å². The van der Waals surface area contributed by atoms with Gasteiger partial charge in [0.05, 0.1) is 22.9 Å². The quantitative estimate of drug-likeness (QED) is 0.483. The van der Waals surface area contributed by atoms with Gasteiger partial charge in [-0.3, -0.25) is 14.7 Å². The molecule has 0 spiro atoms. The third-order valence-electron chi connectivity index (χ3n) is 7.16. The van der Waals surface area contributed by atoms with Crippen molar-refractivity contribution in [2.45, 2.75) is 44.8 Å². The molecule has 5 heterocycles. The van der Waals surface area contributed by atoms with Gasteiger partial charge < -0.3 is 19.7 Å². The molecule has 33 heavy (non-hydrogen) atoms. The molecule has 170 valence electrons. The Morgan fingerprint density at radius 2 is 2.03 bits per heavy atom. The Morgan fingerprint density at radius 3 is 2.82 bits per heavy atom. The molecule has 0 radical (unpaired) electrons. The van der Waals surface area contributed by atoms with E-state index in [-0.39, 0.29) is 5.56 Å². The van der Waals surface area contributed by atoms with Crippen molar-refractivity contribution in [2.75, 3.05) is 30.4 Å². The summed E-state index contributed by atoms with van der Waals surface area (Å²) in [6.45, 7) is 4.71. The van der Waals surface area contributed by atoms with Gasteiger partial charge in [0, 0.05) is 56.6 Å². The van der Waals surface area contributed by atoms with Crippen LogP contribution in [0.25, 0.3) is 22.1 Å². The van der Waals surface area contributed by atoms with E-state index in [2.05, 4.69) is 47.4 Å². The number of aryl methyl sites for hydroxylation is 1. The maximum Gasteiger partial charge on any atom is 0.251 e. The van der Waals surface area contributed by atoms with E-state index in [1.165, 1.54) is 12.8 Å². The summed E-state index contributed by atoms with van der Waals surface area (Å²) < 4.78 is 5.47. The topological polar surface area (TPSA) is 103 Å². The van der Waals surface area contributed by atoms with Crippen LogP contribution < -0.4 is 15.8 Å². The fourth-order valence-corrected chi connectivity index (χ4v) is 5.23. The first-order chi connectivity index (χ1) is 16.1. The molecule has 9 nitrogen and oxygen atoms in total. The first kappa shape index (κ1) is 20.2. The van der Waals surface area contributed by atoms with Gasteiger partial charge in [-0.15, -0.1) is 0 Å². The zero-order valence-corrected chi connectivity index (χ0v) is 18.8. The van der Waals surface area contributed by atoms with E-state index in [1.54, 1.807) is 0 Å². The van der Waals surface area contributed by atoms with Crippen molar-refractivity contribution in [3.8, 4) is 0 Å². The molecule has 1 saturated heterocycles. The van der Waals surface area contributed by atoms with Gasteiger partial charge >= 0.3 is 0 Å². The number of rotatable bonds is 5. The van der Waals surface area contributed by atoms with E-state index in [1.807, 2.05) is 32.4 Å². The number of hydrogen-bond acceptors (Lipinski definition) is 8. The fraction of sp³-hybridized carbons (Fsp3) is 0.417. The van der Waals surface area contributed by atoms with Gasteiger partial charge in [0.1, 0.15) is 0 Å². The smallest absolute Gasteiger partial charge is 0.251 e. The molecule has 2 fully saturated rings. The predicted octanol–water partition coefficient (Wildman–Crippen LogP) is 2.92. The Hall–Kier alpha value is -3.46. The minimum absolute atomic E-state index is 0.0178. The summed E-state index contributed by atoms with van der Waals surface area (Å²) >= 11 is 0. The van der Waals surface area contributed by atoms with Crippen molar-refractivity contribution in [3.05, 3.63) is 52.1 Å². The molecule has 2 atom stereocenters. The van der Waals surface area contributed by atoms with E-state index in [4.69, 9.17) is 4.52 Å². The number of anilines is 2. The van der Waals surface area contributed by atoms with Gasteiger partial charge in [-0.05, 0) is 37.0 Å². The van der Waals surface area contributed by atoms with Crippen LogP contribution in [-0.4, -0.2) is 57.2 Å². The van der Waals surface area contributed by atoms with Crippen molar-refractivity contribution >= 4 is 33.6 Å². The number of nitrogens with zero attached hydrogens (tertiary/aromatic N) is 5. The van der Waals surface area contributed by atoms with Gasteiger partial charge in [-0.25, -0.2) is 4.98 Å². The molecule has 0 amide bonds. The lowest BCUT2D eigenvalue weighted by Gasteiger charge is -2.54. The lowest BCUT2D eigenvalue weighted by Crippen LogP contribution is -2.64. The van der Waals surface area contributed by atoms with Crippen molar-refractivity contribution in [2.24, 2.45) is 0 Å². The van der Waals surface area contributed by atoms with Crippen LogP contribution in [0.2, 0.25) is 0 Å². The van der Waals surface area contributed by atoms with Crippen LogP contribution >= 0.6 is 0 Å². The van der Waals surface area contributed by atoms with Gasteiger partial charge in [0.25, 0.3) is 5.56 Å². The average Bonchev–Trinajstić information content (AvgIpc) is 3.22. The summed E-state index contributed by atoms with van der Waals surface area (Å²) in [7, 11) is 1.82. The minimum atomic E-state index is -0.0178. The highest BCUT2D eigenvalue weighted by Gasteiger charge is 2.43. The molecular weight excluding hydrogens is 418 g/mol. The maximum absolute atomic E-state index is 12.2. The highest BCUT2D eigenvalue weighted by atomic mass is 16.5. The van der Waals surface area contributed by atoms with Crippen LogP contribution in [0.15, 0.2) is 39.9 Å². The summed E-state index contributed by atoms with van der Waals surface area (Å²) in [5, 5.41) is 7.05. The zero-order chi connectivity index (χ0) is 22.5. The molecule has 9 heteroatoms. The molecule has 1 aliphatic carbocycles. The number of aromatic amines is 1. The first-order valence-electron chi connectivity index (χ1n) is 11.6. The van der Waals surface area contributed by atoms with Gasteiger partial charge in [0.2, 0.25) is 0 Å². The monoisotopic (exact) mass is 445 g/mol. The van der Waals surface area contributed by atoms with Crippen LogP contribution in [0.1, 0.15) is 30.9 Å². The molecule has 1 aliphatic heterocycles. The second-order valence-electron chi connectivity index (χ2n) is 8.95. The number of hydrogen-bond donors (Lipinski definition) is 2. The summed E-state index contributed by atoms with van der Waals surface area (Å²) in [6.07, 6.45) is 6.93. The van der Waals surface area contributed by atoms with E-state index in [9.17, 15) is 4.79 Å². The number of fused-ring (bicyclic) bond motifs is 3.